The third-order valence-electron chi connectivity index (χ3n) is 4.09. The normalized spacial score (nSPS) is 12.7. The second-order valence-electron chi connectivity index (χ2n) is 5.65. The van der Waals surface area contributed by atoms with Crippen LogP contribution < -0.4 is 0 Å². The number of ether oxygens (including phenoxy) is 1. The van der Waals surface area contributed by atoms with Crippen molar-refractivity contribution in [3.63, 3.8) is 0 Å². The number of methoxy groups -OCH3 is 1. The summed E-state index contributed by atoms with van der Waals surface area (Å²) in [4.78, 5) is 25.3. The van der Waals surface area contributed by atoms with E-state index in [1.807, 2.05) is 6.07 Å². The van der Waals surface area contributed by atoms with Gasteiger partial charge in [0.1, 0.15) is 0 Å². The van der Waals surface area contributed by atoms with Gasteiger partial charge in [-0.25, -0.2) is 4.79 Å². The van der Waals surface area contributed by atoms with Crippen molar-refractivity contribution < 1.29 is 14.3 Å². The second-order valence-corrected chi connectivity index (χ2v) is 6.97. The van der Waals surface area contributed by atoms with Crippen LogP contribution in [0.5, 0.6) is 0 Å². The molecular weight excluding hydrogens is 416 g/mol. The first-order valence-corrected chi connectivity index (χ1v) is 9.01. The lowest BCUT2D eigenvalue weighted by atomic mass is 9.77. The van der Waals surface area contributed by atoms with Gasteiger partial charge in [-0.2, -0.15) is 0 Å². The zero-order valence-corrected chi connectivity index (χ0v) is 16.6. The minimum absolute atomic E-state index is 0.147. The van der Waals surface area contributed by atoms with Gasteiger partial charge in [0.25, 0.3) is 0 Å². The van der Waals surface area contributed by atoms with E-state index in [1.54, 1.807) is 42.5 Å². The third-order valence-corrected chi connectivity index (χ3v) is 4.93. The summed E-state index contributed by atoms with van der Waals surface area (Å²) in [5.74, 6) is -2.18. The van der Waals surface area contributed by atoms with Crippen LogP contribution in [0.15, 0.2) is 77.8 Å². The van der Waals surface area contributed by atoms with Crippen LogP contribution in [0.3, 0.4) is 0 Å². The van der Waals surface area contributed by atoms with Crippen molar-refractivity contribution in [3.05, 3.63) is 94.0 Å². The van der Waals surface area contributed by atoms with Crippen LogP contribution >= 0.6 is 27.5 Å². The van der Waals surface area contributed by atoms with Gasteiger partial charge in [0, 0.05) is 26.5 Å². The van der Waals surface area contributed by atoms with Crippen LogP contribution in [0, 0.1) is 5.92 Å². The molecule has 0 spiro atoms. The molecule has 0 aliphatic carbocycles. The summed E-state index contributed by atoms with van der Waals surface area (Å²) in [6, 6.07) is 14.1. The number of halogens is 2. The van der Waals surface area contributed by atoms with Crippen molar-refractivity contribution in [2.45, 2.75) is 5.92 Å². The Labute approximate surface area is 166 Å². The van der Waals surface area contributed by atoms with Crippen LogP contribution in [0.25, 0.3) is 0 Å². The Morgan fingerprint density at radius 1 is 1.19 bits per heavy atom. The number of allylic oxidation sites excluding steroid dienone is 1. The number of hydrogen-bond acceptors (Lipinski definition) is 3. The van der Waals surface area contributed by atoms with Crippen LogP contribution in [0.1, 0.15) is 21.8 Å². The highest BCUT2D eigenvalue weighted by Crippen LogP contribution is 2.38. The first-order valence-electron chi connectivity index (χ1n) is 7.84. The molecule has 3 nitrogen and oxygen atoms in total. The van der Waals surface area contributed by atoms with Crippen molar-refractivity contribution >= 4 is 39.3 Å². The van der Waals surface area contributed by atoms with Crippen molar-refractivity contribution in [3.8, 4) is 0 Å². The molecule has 0 N–H and O–H groups in total. The third kappa shape index (κ3) is 4.32. The van der Waals surface area contributed by atoms with Gasteiger partial charge in [-0.05, 0) is 23.8 Å². The van der Waals surface area contributed by atoms with Gasteiger partial charge in [0.15, 0.2) is 5.78 Å². The van der Waals surface area contributed by atoms with Crippen LogP contribution in [-0.4, -0.2) is 18.9 Å². The first-order chi connectivity index (χ1) is 12.4. The highest BCUT2D eigenvalue weighted by atomic mass is 79.9. The van der Waals surface area contributed by atoms with E-state index in [-0.39, 0.29) is 11.4 Å². The van der Waals surface area contributed by atoms with Crippen LogP contribution in [-0.2, 0) is 9.53 Å². The molecular formula is C21H18BrClO3. The maximum Gasteiger partial charge on any atom is 0.333 e. The quantitative estimate of drug-likeness (QED) is 0.247. The van der Waals surface area contributed by atoms with Crippen molar-refractivity contribution in [2.75, 3.05) is 7.11 Å². The number of esters is 1. The highest BCUT2D eigenvalue weighted by molar-refractivity contribution is 9.10. The highest BCUT2D eigenvalue weighted by Gasteiger charge is 2.34. The van der Waals surface area contributed by atoms with Crippen LogP contribution in [0.2, 0.25) is 5.02 Å². The summed E-state index contributed by atoms with van der Waals surface area (Å²) in [6.07, 6.45) is 1.52. The Morgan fingerprint density at radius 3 is 2.46 bits per heavy atom. The standard InChI is InChI=1S/C21H18BrClO3/c1-4-16(20(24)14-8-7-9-15(22)12-14)19(13(2)21(25)26-3)17-10-5-6-11-18(17)23/h4-12,16,19H,1-2H2,3H3/t16-,19+/m0/s1. The smallest absolute Gasteiger partial charge is 0.333 e. The Morgan fingerprint density at radius 2 is 1.88 bits per heavy atom. The fraction of sp³-hybridized carbons (Fsp3) is 0.143. The summed E-state index contributed by atoms with van der Waals surface area (Å²) in [7, 11) is 1.27. The van der Waals surface area contributed by atoms with Gasteiger partial charge < -0.3 is 4.74 Å². The number of benzene rings is 2. The van der Waals surface area contributed by atoms with Gasteiger partial charge >= 0.3 is 5.97 Å². The largest absolute Gasteiger partial charge is 0.466 e. The average molecular weight is 434 g/mol. The molecule has 134 valence electrons. The Kier molecular flexibility index (Phi) is 6.95. The van der Waals surface area contributed by atoms with Crippen molar-refractivity contribution in [1.82, 2.24) is 0 Å². The van der Waals surface area contributed by atoms with E-state index in [2.05, 4.69) is 29.1 Å². The van der Waals surface area contributed by atoms with Gasteiger partial charge in [-0.1, -0.05) is 70.5 Å². The lowest BCUT2D eigenvalue weighted by Crippen LogP contribution is -2.26. The molecule has 0 radical (unpaired) electrons. The van der Waals surface area contributed by atoms with Gasteiger partial charge in [-0.15, -0.1) is 6.58 Å². The van der Waals surface area contributed by atoms with E-state index in [0.717, 1.165) is 4.47 Å². The van der Waals surface area contributed by atoms with E-state index in [0.29, 0.717) is 16.1 Å². The van der Waals surface area contributed by atoms with Crippen molar-refractivity contribution in [2.24, 2.45) is 5.92 Å². The fourth-order valence-corrected chi connectivity index (χ4v) is 3.46. The Balaban J connectivity index is 2.56. The Hall–Kier alpha value is -2.17. The topological polar surface area (TPSA) is 43.4 Å². The van der Waals surface area contributed by atoms with E-state index in [9.17, 15) is 9.59 Å². The van der Waals surface area contributed by atoms with Gasteiger partial charge in [0.2, 0.25) is 0 Å². The summed E-state index contributed by atoms with van der Waals surface area (Å²) >= 11 is 9.71. The summed E-state index contributed by atoms with van der Waals surface area (Å²) < 4.78 is 5.60. The molecule has 0 amide bonds. The van der Waals surface area contributed by atoms with Crippen LogP contribution in [0.4, 0.5) is 0 Å². The average Bonchev–Trinajstić information content (AvgIpc) is 2.65. The molecule has 2 aromatic rings. The molecule has 0 saturated heterocycles. The zero-order valence-electron chi connectivity index (χ0n) is 14.2. The fourth-order valence-electron chi connectivity index (χ4n) is 2.81. The predicted octanol–water partition coefficient (Wildman–Crippen LogP) is 5.60. The van der Waals surface area contributed by atoms with E-state index < -0.39 is 17.8 Å². The molecule has 2 atom stereocenters. The molecule has 0 heterocycles. The van der Waals surface area contributed by atoms with E-state index in [4.69, 9.17) is 16.3 Å². The van der Waals surface area contributed by atoms with Gasteiger partial charge in [-0.3, -0.25) is 4.79 Å². The molecule has 0 fully saturated rings. The SMILES string of the molecule is C=C[C@H](C(=O)c1cccc(Br)c1)[C@@H](C(=C)C(=O)OC)c1ccccc1Cl. The second kappa shape index (κ2) is 8.97. The van der Waals surface area contributed by atoms with E-state index >= 15 is 0 Å². The summed E-state index contributed by atoms with van der Waals surface area (Å²) in [5.41, 5.74) is 1.27. The molecule has 0 aliphatic heterocycles. The lowest BCUT2D eigenvalue weighted by molar-refractivity contribution is -0.136. The van der Waals surface area contributed by atoms with E-state index in [1.165, 1.54) is 13.2 Å². The molecule has 2 aromatic carbocycles. The zero-order chi connectivity index (χ0) is 19.3. The summed E-state index contributed by atoms with van der Waals surface area (Å²) in [6.45, 7) is 7.67. The summed E-state index contributed by atoms with van der Waals surface area (Å²) in [5, 5.41) is 0.441. The lowest BCUT2D eigenvalue weighted by Gasteiger charge is -2.26. The molecule has 5 heteroatoms. The Bertz CT molecular complexity index is 860. The molecule has 0 bridgehead atoms. The maximum absolute atomic E-state index is 13.1. The monoisotopic (exact) mass is 432 g/mol. The number of carbonyl (C=O) groups is 2. The molecule has 0 unspecified atom stereocenters. The number of carbonyl (C=O) groups excluding carboxylic acids is 2. The molecule has 0 aromatic heterocycles. The predicted molar refractivity (Wildman–Crippen MR) is 108 cm³/mol. The number of rotatable bonds is 7. The molecule has 2 rings (SSSR count). The number of Topliss-reactive ketones (excluding diaryl/α,β-unsaturated/α-hetero) is 1. The number of ketones is 1. The molecule has 0 aliphatic rings. The first kappa shape index (κ1) is 20.1. The maximum atomic E-state index is 13.1. The van der Waals surface area contributed by atoms with Crippen molar-refractivity contribution in [1.29, 1.82) is 0 Å². The van der Waals surface area contributed by atoms with Gasteiger partial charge in [0.05, 0.1) is 13.0 Å². The number of hydrogen-bond donors (Lipinski definition) is 0. The minimum atomic E-state index is -0.726. The minimum Gasteiger partial charge on any atom is -0.466 e. The molecule has 0 saturated carbocycles. The molecule has 26 heavy (non-hydrogen) atoms.